The minimum absolute atomic E-state index is 0.0137. The molecule has 0 saturated carbocycles. The highest BCUT2D eigenvalue weighted by atomic mass is 16.4. The van der Waals surface area contributed by atoms with Crippen LogP contribution in [0, 0.1) is 11.8 Å². The first kappa shape index (κ1) is 26.1. The average molecular weight is 439 g/mol. The first-order valence-electron chi connectivity index (χ1n) is 10.3. The van der Waals surface area contributed by atoms with Gasteiger partial charge in [0.05, 0.1) is 12.4 Å². The number of amides is 3. The van der Waals surface area contributed by atoms with Crippen LogP contribution in [-0.4, -0.2) is 62.9 Å². The van der Waals surface area contributed by atoms with Gasteiger partial charge in [-0.25, -0.2) is 9.78 Å². The fraction of sp³-hybridized carbons (Fsp3) is 0.650. The molecule has 3 amide bonds. The number of aliphatic carboxylic acids is 1. The van der Waals surface area contributed by atoms with Gasteiger partial charge < -0.3 is 31.8 Å². The molecule has 11 heteroatoms. The van der Waals surface area contributed by atoms with Crippen LogP contribution < -0.4 is 21.7 Å². The first-order chi connectivity index (χ1) is 14.5. The van der Waals surface area contributed by atoms with Crippen molar-refractivity contribution in [2.45, 2.75) is 71.6 Å². The second-order valence-electron chi connectivity index (χ2n) is 8.07. The van der Waals surface area contributed by atoms with Crippen LogP contribution in [0.15, 0.2) is 12.5 Å². The summed E-state index contributed by atoms with van der Waals surface area (Å²) in [7, 11) is 0. The smallest absolute Gasteiger partial charge is 0.326 e. The van der Waals surface area contributed by atoms with Crippen molar-refractivity contribution in [1.82, 2.24) is 25.9 Å². The number of carboxylic acids is 1. The Morgan fingerprint density at radius 1 is 1.03 bits per heavy atom. The summed E-state index contributed by atoms with van der Waals surface area (Å²) in [4.78, 5) is 56.0. The molecule has 5 atom stereocenters. The Labute approximate surface area is 181 Å². The number of nitrogens with one attached hydrogen (secondary N) is 4. The maximum atomic E-state index is 12.9. The number of nitrogens with zero attached hydrogens (tertiary/aromatic N) is 1. The minimum atomic E-state index is -1.21. The monoisotopic (exact) mass is 438 g/mol. The number of carbonyl (C=O) groups excluding carboxylic acids is 3. The highest BCUT2D eigenvalue weighted by molar-refractivity contribution is 5.94. The molecule has 0 aliphatic rings. The molecule has 0 bridgehead atoms. The minimum Gasteiger partial charge on any atom is -0.480 e. The van der Waals surface area contributed by atoms with Crippen molar-refractivity contribution in [2.75, 3.05) is 0 Å². The van der Waals surface area contributed by atoms with Gasteiger partial charge >= 0.3 is 5.97 Å². The lowest BCUT2D eigenvalue weighted by molar-refractivity contribution is -0.142. The summed E-state index contributed by atoms with van der Waals surface area (Å²) in [6.07, 6.45) is 3.52. The van der Waals surface area contributed by atoms with Crippen molar-refractivity contribution < 1.29 is 24.3 Å². The molecule has 0 aliphatic carbocycles. The topological polar surface area (TPSA) is 179 Å². The lowest BCUT2D eigenvalue weighted by Crippen LogP contribution is -2.59. The zero-order valence-electron chi connectivity index (χ0n) is 18.6. The van der Waals surface area contributed by atoms with Crippen molar-refractivity contribution in [2.24, 2.45) is 17.6 Å². The number of carboxylic acid groups (broad SMARTS) is 1. The van der Waals surface area contributed by atoms with Crippen LogP contribution in [-0.2, 0) is 25.6 Å². The Balaban J connectivity index is 2.94. The number of hydrogen-bond acceptors (Lipinski definition) is 6. The van der Waals surface area contributed by atoms with Gasteiger partial charge in [0, 0.05) is 18.3 Å². The number of imidazole rings is 1. The molecular formula is C20H34N6O5. The van der Waals surface area contributed by atoms with Gasteiger partial charge in [-0.15, -0.1) is 0 Å². The van der Waals surface area contributed by atoms with Crippen molar-refractivity contribution in [3.63, 3.8) is 0 Å². The molecule has 5 unspecified atom stereocenters. The van der Waals surface area contributed by atoms with E-state index < -0.39 is 47.9 Å². The van der Waals surface area contributed by atoms with E-state index in [1.54, 1.807) is 20.8 Å². The van der Waals surface area contributed by atoms with E-state index >= 15 is 0 Å². The molecule has 1 heterocycles. The van der Waals surface area contributed by atoms with Crippen LogP contribution in [0.5, 0.6) is 0 Å². The number of rotatable bonds is 12. The highest BCUT2D eigenvalue weighted by Gasteiger charge is 2.33. The summed E-state index contributed by atoms with van der Waals surface area (Å²) in [6.45, 7) is 8.66. The van der Waals surface area contributed by atoms with Crippen molar-refractivity contribution in [3.8, 4) is 0 Å². The van der Waals surface area contributed by atoms with E-state index in [0.717, 1.165) is 0 Å². The summed E-state index contributed by atoms with van der Waals surface area (Å²) < 4.78 is 0. The lowest BCUT2D eigenvalue weighted by Gasteiger charge is -2.29. The predicted molar refractivity (Wildman–Crippen MR) is 114 cm³/mol. The molecule has 1 aromatic rings. The molecular weight excluding hydrogens is 404 g/mol. The molecule has 0 spiro atoms. The lowest BCUT2D eigenvalue weighted by atomic mass is 9.96. The number of hydrogen-bond donors (Lipinski definition) is 6. The van der Waals surface area contributed by atoms with Crippen LogP contribution in [0.4, 0.5) is 0 Å². The summed E-state index contributed by atoms with van der Waals surface area (Å²) >= 11 is 0. The molecule has 31 heavy (non-hydrogen) atoms. The second kappa shape index (κ2) is 12.0. The SMILES string of the molecule is CCC(C)C(NC(=O)C(C)N)C(=O)NC(C(=O)NC(Cc1cnc[nH]1)C(=O)O)C(C)C. The normalized spacial score (nSPS) is 16.0. The summed E-state index contributed by atoms with van der Waals surface area (Å²) in [6, 6.07) is -3.86. The van der Waals surface area contributed by atoms with Crippen LogP contribution in [0.25, 0.3) is 0 Å². The van der Waals surface area contributed by atoms with E-state index in [2.05, 4.69) is 25.9 Å². The third-order valence-electron chi connectivity index (χ3n) is 5.05. The van der Waals surface area contributed by atoms with Gasteiger partial charge in [0.1, 0.15) is 18.1 Å². The average Bonchev–Trinajstić information content (AvgIpc) is 3.21. The van der Waals surface area contributed by atoms with Gasteiger partial charge in [-0.3, -0.25) is 14.4 Å². The molecule has 0 saturated heterocycles. The van der Waals surface area contributed by atoms with Crippen molar-refractivity contribution >= 4 is 23.7 Å². The first-order valence-corrected chi connectivity index (χ1v) is 10.3. The van der Waals surface area contributed by atoms with Crippen LogP contribution >= 0.6 is 0 Å². The zero-order valence-corrected chi connectivity index (χ0v) is 18.6. The Morgan fingerprint density at radius 3 is 2.06 bits per heavy atom. The van der Waals surface area contributed by atoms with Gasteiger partial charge in [-0.05, 0) is 18.8 Å². The Bertz CT molecular complexity index is 749. The Kier molecular flexibility index (Phi) is 10.1. The van der Waals surface area contributed by atoms with Crippen molar-refractivity contribution in [3.05, 3.63) is 18.2 Å². The van der Waals surface area contributed by atoms with Gasteiger partial charge in [-0.1, -0.05) is 34.1 Å². The molecule has 1 rings (SSSR count). The molecule has 1 aromatic heterocycles. The van der Waals surface area contributed by atoms with E-state index in [1.807, 2.05) is 6.92 Å². The number of aromatic amines is 1. The largest absolute Gasteiger partial charge is 0.480 e. The van der Waals surface area contributed by atoms with Crippen molar-refractivity contribution in [1.29, 1.82) is 0 Å². The molecule has 7 N–H and O–H groups in total. The highest BCUT2D eigenvalue weighted by Crippen LogP contribution is 2.11. The second-order valence-corrected chi connectivity index (χ2v) is 8.07. The number of nitrogens with two attached hydrogens (primary N) is 1. The number of aromatic nitrogens is 2. The fourth-order valence-corrected chi connectivity index (χ4v) is 2.84. The van der Waals surface area contributed by atoms with Gasteiger partial charge in [0.15, 0.2) is 0 Å². The number of carbonyl (C=O) groups is 4. The number of H-pyrrole nitrogens is 1. The summed E-state index contributed by atoms with van der Waals surface area (Å²) in [5.74, 6) is -3.37. The Hall–Kier alpha value is -2.95. The molecule has 0 radical (unpaired) electrons. The van der Waals surface area contributed by atoms with Gasteiger partial charge in [0.2, 0.25) is 17.7 Å². The predicted octanol–water partition coefficient (Wildman–Crippen LogP) is -0.459. The maximum absolute atomic E-state index is 12.9. The maximum Gasteiger partial charge on any atom is 0.326 e. The van der Waals surface area contributed by atoms with E-state index in [-0.39, 0.29) is 18.3 Å². The van der Waals surface area contributed by atoms with Crippen LogP contribution in [0.1, 0.15) is 46.7 Å². The quantitative estimate of drug-likeness (QED) is 0.255. The molecule has 174 valence electrons. The fourth-order valence-electron chi connectivity index (χ4n) is 2.84. The molecule has 0 fully saturated rings. The van der Waals surface area contributed by atoms with E-state index in [1.165, 1.54) is 19.4 Å². The standard InChI is InChI=1S/C20H34N6O5/c1-6-11(4)16(26-17(27)12(5)21)19(29)25-15(10(2)3)18(28)24-14(20(30)31)7-13-8-22-9-23-13/h8-12,14-16H,6-7,21H2,1-5H3,(H,22,23)(H,24,28)(H,25,29)(H,26,27)(H,30,31). The molecule has 11 nitrogen and oxygen atoms in total. The summed E-state index contributed by atoms with van der Waals surface area (Å²) in [5, 5.41) is 17.2. The van der Waals surface area contributed by atoms with E-state index in [4.69, 9.17) is 5.73 Å². The molecule has 0 aromatic carbocycles. The Morgan fingerprint density at radius 2 is 1.61 bits per heavy atom. The van der Waals surface area contributed by atoms with Gasteiger partial charge in [0.25, 0.3) is 0 Å². The molecule has 0 aliphatic heterocycles. The van der Waals surface area contributed by atoms with Crippen LogP contribution in [0.2, 0.25) is 0 Å². The van der Waals surface area contributed by atoms with Crippen LogP contribution in [0.3, 0.4) is 0 Å². The van der Waals surface area contributed by atoms with E-state index in [0.29, 0.717) is 12.1 Å². The summed E-state index contributed by atoms with van der Waals surface area (Å²) in [5.41, 5.74) is 6.14. The third-order valence-corrected chi connectivity index (χ3v) is 5.05. The zero-order chi connectivity index (χ0) is 23.7. The third kappa shape index (κ3) is 8.00. The van der Waals surface area contributed by atoms with Gasteiger partial charge in [-0.2, -0.15) is 0 Å². The van der Waals surface area contributed by atoms with E-state index in [9.17, 15) is 24.3 Å².